The smallest absolute Gasteiger partial charge is 0.191 e. The fraction of sp³-hybridized carbons (Fsp3) is 0.588. The van der Waals surface area contributed by atoms with Crippen LogP contribution in [0.2, 0.25) is 5.02 Å². The normalized spacial score (nSPS) is 15.6. The zero-order valence-corrected chi connectivity index (χ0v) is 17.5. The molecule has 0 saturated carbocycles. The van der Waals surface area contributed by atoms with Crippen molar-refractivity contribution in [2.24, 2.45) is 10.7 Å². The number of anilines is 1. The van der Waals surface area contributed by atoms with E-state index in [4.69, 9.17) is 22.1 Å². The van der Waals surface area contributed by atoms with E-state index < -0.39 is 0 Å². The van der Waals surface area contributed by atoms with Crippen LogP contribution < -0.4 is 10.6 Å². The van der Waals surface area contributed by atoms with Crippen molar-refractivity contribution in [3.8, 4) is 0 Å². The molecule has 1 saturated heterocycles. The second-order valence-electron chi connectivity index (χ2n) is 5.96. The number of halogens is 2. The number of ether oxygens (including phenoxy) is 1. The molecule has 1 aliphatic heterocycles. The van der Waals surface area contributed by atoms with Crippen LogP contribution in [-0.2, 0) is 4.74 Å². The molecule has 136 valence electrons. The highest BCUT2D eigenvalue weighted by Gasteiger charge is 2.18. The molecule has 0 aliphatic carbocycles. The minimum absolute atomic E-state index is 0. The van der Waals surface area contributed by atoms with Crippen molar-refractivity contribution >= 4 is 47.2 Å². The lowest BCUT2D eigenvalue weighted by Gasteiger charge is -2.36. The van der Waals surface area contributed by atoms with Gasteiger partial charge in [-0.15, -0.1) is 24.0 Å². The molecule has 1 heterocycles. The quantitative estimate of drug-likeness (QED) is 0.303. The van der Waals surface area contributed by atoms with Crippen LogP contribution in [0.1, 0.15) is 20.3 Å². The monoisotopic (exact) mass is 466 g/mol. The van der Waals surface area contributed by atoms with E-state index in [-0.39, 0.29) is 30.1 Å². The van der Waals surface area contributed by atoms with Crippen molar-refractivity contribution in [2.75, 3.05) is 44.2 Å². The van der Waals surface area contributed by atoms with Crippen LogP contribution in [0.3, 0.4) is 0 Å². The number of guanidine groups is 1. The predicted molar refractivity (Wildman–Crippen MR) is 113 cm³/mol. The molecule has 0 atom stereocenters. The average Bonchev–Trinajstić information content (AvgIpc) is 2.55. The van der Waals surface area contributed by atoms with E-state index in [1.54, 1.807) is 0 Å². The molecule has 5 nitrogen and oxygen atoms in total. The highest BCUT2D eigenvalue weighted by Crippen LogP contribution is 2.19. The zero-order valence-electron chi connectivity index (χ0n) is 14.4. The molecule has 7 heteroatoms. The third kappa shape index (κ3) is 7.03. The second-order valence-corrected chi connectivity index (χ2v) is 6.40. The summed E-state index contributed by atoms with van der Waals surface area (Å²) in [4.78, 5) is 8.95. The van der Waals surface area contributed by atoms with Gasteiger partial charge in [0.25, 0.3) is 0 Å². The van der Waals surface area contributed by atoms with Gasteiger partial charge in [-0.3, -0.25) is 4.99 Å². The summed E-state index contributed by atoms with van der Waals surface area (Å²) in [6, 6.07) is 7.98. The molecule has 2 N–H and O–H groups in total. The van der Waals surface area contributed by atoms with Crippen LogP contribution >= 0.6 is 35.6 Å². The molecular formula is C17H28ClIN4O. The van der Waals surface area contributed by atoms with E-state index in [1.807, 2.05) is 26.0 Å². The number of nitrogens with zero attached hydrogens (tertiary/aromatic N) is 3. The third-order valence-corrected chi connectivity index (χ3v) is 4.07. The van der Waals surface area contributed by atoms with Crippen molar-refractivity contribution in [3.63, 3.8) is 0 Å². The second kappa shape index (κ2) is 11.0. The molecule has 0 amide bonds. The van der Waals surface area contributed by atoms with Crippen molar-refractivity contribution in [2.45, 2.75) is 26.4 Å². The van der Waals surface area contributed by atoms with Crippen molar-refractivity contribution in [1.82, 2.24) is 4.90 Å². The fourth-order valence-corrected chi connectivity index (χ4v) is 2.65. The summed E-state index contributed by atoms with van der Waals surface area (Å²) >= 11 is 5.94. The molecule has 1 aliphatic rings. The first-order valence-electron chi connectivity index (χ1n) is 8.23. The van der Waals surface area contributed by atoms with Crippen LogP contribution in [0.25, 0.3) is 0 Å². The first-order chi connectivity index (χ1) is 11.1. The van der Waals surface area contributed by atoms with Gasteiger partial charge in [-0.05, 0) is 44.5 Å². The Bertz CT molecular complexity index is 502. The van der Waals surface area contributed by atoms with E-state index in [0.29, 0.717) is 5.96 Å². The first kappa shape index (κ1) is 21.3. The van der Waals surface area contributed by atoms with Crippen molar-refractivity contribution < 1.29 is 4.74 Å². The molecule has 24 heavy (non-hydrogen) atoms. The minimum atomic E-state index is 0. The van der Waals surface area contributed by atoms with Crippen LogP contribution in [0, 0.1) is 0 Å². The van der Waals surface area contributed by atoms with Gasteiger partial charge in [-0.1, -0.05) is 11.6 Å². The summed E-state index contributed by atoms with van der Waals surface area (Å²) in [5.41, 5.74) is 7.30. The van der Waals surface area contributed by atoms with Gasteiger partial charge in [-0.25, -0.2) is 0 Å². The fourth-order valence-electron chi connectivity index (χ4n) is 2.52. The number of hydrogen-bond donors (Lipinski definition) is 1. The maximum Gasteiger partial charge on any atom is 0.191 e. The molecule has 0 aromatic heterocycles. The van der Waals surface area contributed by atoms with Crippen LogP contribution in [0.4, 0.5) is 5.69 Å². The van der Waals surface area contributed by atoms with Crippen molar-refractivity contribution in [3.05, 3.63) is 29.3 Å². The Morgan fingerprint density at radius 3 is 2.42 bits per heavy atom. The lowest BCUT2D eigenvalue weighted by molar-refractivity contribution is 0.0782. The molecule has 0 radical (unpaired) electrons. The number of benzene rings is 1. The largest absolute Gasteiger partial charge is 0.379 e. The molecule has 0 bridgehead atoms. The molecule has 1 fully saturated rings. The van der Waals surface area contributed by atoms with Crippen LogP contribution in [-0.4, -0.2) is 56.3 Å². The molecule has 0 unspecified atom stereocenters. The van der Waals surface area contributed by atoms with E-state index in [9.17, 15) is 0 Å². The van der Waals surface area contributed by atoms with Crippen LogP contribution in [0.5, 0.6) is 0 Å². The van der Waals surface area contributed by atoms with E-state index >= 15 is 0 Å². The van der Waals surface area contributed by atoms with Crippen molar-refractivity contribution in [1.29, 1.82) is 0 Å². The molecular weight excluding hydrogens is 439 g/mol. The summed E-state index contributed by atoms with van der Waals surface area (Å²) in [5.74, 6) is 0.644. The maximum absolute atomic E-state index is 6.09. The third-order valence-electron chi connectivity index (χ3n) is 3.82. The number of piperazine rings is 1. The highest BCUT2D eigenvalue weighted by atomic mass is 127. The van der Waals surface area contributed by atoms with Gasteiger partial charge in [0, 0.05) is 50.0 Å². The Balaban J connectivity index is 0.00000288. The van der Waals surface area contributed by atoms with E-state index in [0.717, 1.165) is 50.8 Å². The number of rotatable bonds is 6. The van der Waals surface area contributed by atoms with Gasteiger partial charge in [0.1, 0.15) is 0 Å². The molecule has 0 spiro atoms. The van der Waals surface area contributed by atoms with Gasteiger partial charge in [0.15, 0.2) is 5.96 Å². The Labute approximate surface area is 167 Å². The summed E-state index contributed by atoms with van der Waals surface area (Å²) < 4.78 is 5.50. The lowest BCUT2D eigenvalue weighted by atomic mass is 10.2. The highest BCUT2D eigenvalue weighted by molar-refractivity contribution is 14.0. The summed E-state index contributed by atoms with van der Waals surface area (Å²) in [5, 5.41) is 0.769. The Hall–Kier alpha value is -0.730. The topological polar surface area (TPSA) is 54.1 Å². The molecule has 1 aromatic carbocycles. The van der Waals surface area contributed by atoms with Crippen LogP contribution in [0.15, 0.2) is 29.3 Å². The van der Waals surface area contributed by atoms with Gasteiger partial charge in [0.2, 0.25) is 0 Å². The van der Waals surface area contributed by atoms with E-state index in [2.05, 4.69) is 26.9 Å². The van der Waals surface area contributed by atoms with Gasteiger partial charge in [-0.2, -0.15) is 0 Å². The van der Waals surface area contributed by atoms with Gasteiger partial charge in [0.05, 0.1) is 6.10 Å². The Kier molecular flexibility index (Phi) is 9.76. The van der Waals surface area contributed by atoms with E-state index in [1.165, 1.54) is 5.69 Å². The number of hydrogen-bond acceptors (Lipinski definition) is 3. The summed E-state index contributed by atoms with van der Waals surface area (Å²) in [7, 11) is 0. The predicted octanol–water partition coefficient (Wildman–Crippen LogP) is 3.21. The summed E-state index contributed by atoms with van der Waals surface area (Å²) in [6.45, 7) is 9.19. The van der Waals surface area contributed by atoms with Gasteiger partial charge < -0.3 is 20.3 Å². The zero-order chi connectivity index (χ0) is 16.7. The Morgan fingerprint density at radius 2 is 1.83 bits per heavy atom. The standard InChI is InChI=1S/C17H27ClN4O.HI/c1-14(2)23-13-3-8-20-17(19)22-11-9-21(10-12-22)16-6-4-15(18)5-7-16;/h4-7,14H,3,8-13H2,1-2H3,(H2,19,20);1H. The number of nitrogens with two attached hydrogens (primary N) is 1. The minimum Gasteiger partial charge on any atom is -0.379 e. The Morgan fingerprint density at radius 1 is 1.21 bits per heavy atom. The number of aliphatic imine (C=N–C) groups is 1. The SMILES string of the molecule is CC(C)OCCCN=C(N)N1CCN(c2ccc(Cl)cc2)CC1.I. The molecule has 1 aromatic rings. The average molecular weight is 467 g/mol. The molecule has 2 rings (SSSR count). The maximum atomic E-state index is 6.09. The lowest BCUT2D eigenvalue weighted by Crippen LogP contribution is -2.51. The van der Waals surface area contributed by atoms with Gasteiger partial charge >= 0.3 is 0 Å². The summed E-state index contributed by atoms with van der Waals surface area (Å²) in [6.07, 6.45) is 1.18. The first-order valence-corrected chi connectivity index (χ1v) is 8.61.